The molecule has 2 nitrogen and oxygen atoms in total. The first-order chi connectivity index (χ1) is 6.06. The van der Waals surface area contributed by atoms with E-state index in [0.29, 0.717) is 15.6 Å². The number of methoxy groups -OCH3 is 1. The van der Waals surface area contributed by atoms with Crippen LogP contribution < -0.4 is 0 Å². The van der Waals surface area contributed by atoms with Crippen molar-refractivity contribution in [2.75, 3.05) is 7.11 Å². The fourth-order valence-electron chi connectivity index (χ4n) is 0.962. The van der Waals surface area contributed by atoms with Gasteiger partial charge in [-0.25, -0.2) is 4.79 Å². The first kappa shape index (κ1) is 10.4. The number of hydrogen-bond acceptors (Lipinski definition) is 2. The largest absolute Gasteiger partial charge is 0.465 e. The summed E-state index contributed by atoms with van der Waals surface area (Å²) in [5, 5.41) is 0.830. The maximum Gasteiger partial charge on any atom is 0.337 e. The minimum absolute atomic E-state index is 0.363. The topological polar surface area (TPSA) is 26.3 Å². The molecule has 13 heavy (non-hydrogen) atoms. The van der Waals surface area contributed by atoms with E-state index in [1.165, 1.54) is 13.2 Å². The molecule has 0 heterocycles. The van der Waals surface area contributed by atoms with Crippen LogP contribution in [-0.4, -0.2) is 13.1 Å². The van der Waals surface area contributed by atoms with Crippen molar-refractivity contribution < 1.29 is 9.53 Å². The minimum Gasteiger partial charge on any atom is -0.465 e. The molecule has 0 amide bonds. The van der Waals surface area contributed by atoms with E-state index in [4.69, 9.17) is 23.2 Å². The van der Waals surface area contributed by atoms with Crippen LogP contribution in [0.25, 0.3) is 0 Å². The molecule has 0 unspecified atom stereocenters. The zero-order chi connectivity index (χ0) is 10.0. The lowest BCUT2D eigenvalue weighted by atomic mass is 10.1. The van der Waals surface area contributed by atoms with Gasteiger partial charge in [-0.3, -0.25) is 0 Å². The highest BCUT2D eigenvalue weighted by atomic mass is 35.5. The Balaban J connectivity index is 3.20. The average molecular weight is 219 g/mol. The summed E-state index contributed by atoms with van der Waals surface area (Å²) in [5.74, 6) is -0.415. The number of hydrogen-bond donors (Lipinski definition) is 0. The molecule has 4 heteroatoms. The maximum atomic E-state index is 11.1. The molecule has 0 bridgehead atoms. The molecule has 0 radical (unpaired) electrons. The second-order valence-electron chi connectivity index (χ2n) is 2.58. The predicted molar refractivity (Wildman–Crippen MR) is 52.5 cm³/mol. The highest BCUT2D eigenvalue weighted by Crippen LogP contribution is 2.27. The van der Waals surface area contributed by atoms with Gasteiger partial charge in [0.15, 0.2) is 0 Å². The Morgan fingerprint density at radius 1 is 1.38 bits per heavy atom. The van der Waals surface area contributed by atoms with E-state index in [2.05, 4.69) is 4.74 Å². The molecule has 0 aliphatic rings. The van der Waals surface area contributed by atoms with E-state index in [1.807, 2.05) is 0 Å². The van der Waals surface area contributed by atoms with Crippen LogP contribution >= 0.6 is 23.2 Å². The van der Waals surface area contributed by atoms with Crippen molar-refractivity contribution in [1.82, 2.24) is 0 Å². The van der Waals surface area contributed by atoms with Gasteiger partial charge < -0.3 is 4.74 Å². The lowest BCUT2D eigenvalue weighted by Gasteiger charge is -2.04. The molecule has 0 atom stereocenters. The summed E-state index contributed by atoms with van der Waals surface area (Å²) in [6.07, 6.45) is 0. The molecule has 70 valence electrons. The molecule has 0 aliphatic heterocycles. The van der Waals surface area contributed by atoms with Gasteiger partial charge in [0.1, 0.15) is 0 Å². The predicted octanol–water partition coefficient (Wildman–Crippen LogP) is 3.09. The molecule has 0 fully saturated rings. The summed E-state index contributed by atoms with van der Waals surface area (Å²) < 4.78 is 4.55. The van der Waals surface area contributed by atoms with E-state index in [-0.39, 0.29) is 0 Å². The smallest absolute Gasteiger partial charge is 0.337 e. The Bertz CT molecular complexity index is 324. The van der Waals surface area contributed by atoms with Crippen LogP contribution in [-0.2, 0) is 4.74 Å². The van der Waals surface area contributed by atoms with E-state index in [9.17, 15) is 4.79 Å². The van der Waals surface area contributed by atoms with E-state index < -0.39 is 5.97 Å². The zero-order valence-electron chi connectivity index (χ0n) is 7.23. The fraction of sp³-hybridized carbons (Fsp3) is 0.222. The number of benzene rings is 1. The Morgan fingerprint density at radius 3 is 2.46 bits per heavy atom. The summed E-state index contributed by atoms with van der Waals surface area (Å²) in [7, 11) is 1.32. The monoisotopic (exact) mass is 218 g/mol. The summed E-state index contributed by atoms with van der Waals surface area (Å²) in [5.41, 5.74) is 1.17. The van der Waals surface area contributed by atoms with Gasteiger partial charge >= 0.3 is 5.97 Å². The highest BCUT2D eigenvalue weighted by Gasteiger charge is 2.10. The fourth-order valence-corrected chi connectivity index (χ4v) is 1.34. The molecule has 0 saturated carbocycles. The van der Waals surface area contributed by atoms with Gasteiger partial charge in [-0.1, -0.05) is 23.2 Å². The molecular weight excluding hydrogens is 211 g/mol. The van der Waals surface area contributed by atoms with Gasteiger partial charge in [-0.05, 0) is 24.6 Å². The molecule has 1 rings (SSSR count). The summed E-state index contributed by atoms with van der Waals surface area (Å²) in [4.78, 5) is 11.1. The number of esters is 1. The van der Waals surface area contributed by atoms with E-state index in [1.54, 1.807) is 13.0 Å². The summed E-state index contributed by atoms with van der Waals surface area (Å²) in [6, 6.07) is 3.13. The lowest BCUT2D eigenvalue weighted by Crippen LogP contribution is -2.01. The van der Waals surface area contributed by atoms with Crippen LogP contribution in [0.1, 0.15) is 15.9 Å². The second kappa shape index (κ2) is 3.99. The Morgan fingerprint density at radius 2 is 2.00 bits per heavy atom. The second-order valence-corrected chi connectivity index (χ2v) is 3.37. The first-order valence-electron chi connectivity index (χ1n) is 3.60. The third-order valence-corrected chi connectivity index (χ3v) is 2.53. The van der Waals surface area contributed by atoms with Crippen LogP contribution in [0.15, 0.2) is 12.1 Å². The lowest BCUT2D eigenvalue weighted by molar-refractivity contribution is 0.0600. The quantitative estimate of drug-likeness (QED) is 0.678. The SMILES string of the molecule is COC(=O)c1cc(C)c(Cl)c(Cl)c1. The number of ether oxygens (including phenoxy) is 1. The van der Waals surface area contributed by atoms with Crippen molar-refractivity contribution in [3.05, 3.63) is 33.3 Å². The molecule has 1 aromatic carbocycles. The number of halogens is 2. The standard InChI is InChI=1S/C9H8Cl2O2/c1-5-3-6(9(12)13-2)4-7(10)8(5)11/h3-4H,1-2H3. The van der Waals surface area contributed by atoms with Crippen molar-refractivity contribution in [2.45, 2.75) is 6.92 Å². The van der Waals surface area contributed by atoms with Gasteiger partial charge in [-0.15, -0.1) is 0 Å². The molecule has 0 spiro atoms. The molecule has 1 aromatic rings. The van der Waals surface area contributed by atoms with Crippen LogP contribution in [0.4, 0.5) is 0 Å². The van der Waals surface area contributed by atoms with Gasteiger partial charge in [-0.2, -0.15) is 0 Å². The third kappa shape index (κ3) is 2.14. The third-order valence-electron chi connectivity index (χ3n) is 1.63. The zero-order valence-corrected chi connectivity index (χ0v) is 8.74. The van der Waals surface area contributed by atoms with Crippen molar-refractivity contribution >= 4 is 29.2 Å². The van der Waals surface area contributed by atoms with Crippen LogP contribution in [0.3, 0.4) is 0 Å². The molecular formula is C9H8Cl2O2. The van der Waals surface area contributed by atoms with Gasteiger partial charge in [0.2, 0.25) is 0 Å². The highest BCUT2D eigenvalue weighted by molar-refractivity contribution is 6.42. The van der Waals surface area contributed by atoms with E-state index in [0.717, 1.165) is 5.56 Å². The van der Waals surface area contributed by atoms with Gasteiger partial charge in [0.25, 0.3) is 0 Å². The van der Waals surface area contributed by atoms with Crippen molar-refractivity contribution in [3.8, 4) is 0 Å². The number of rotatable bonds is 1. The number of carbonyl (C=O) groups is 1. The molecule has 0 N–H and O–H groups in total. The van der Waals surface area contributed by atoms with E-state index >= 15 is 0 Å². The first-order valence-corrected chi connectivity index (χ1v) is 4.36. The van der Waals surface area contributed by atoms with Gasteiger partial charge in [0.05, 0.1) is 22.7 Å². The van der Waals surface area contributed by atoms with Crippen LogP contribution in [0.5, 0.6) is 0 Å². The van der Waals surface area contributed by atoms with Crippen molar-refractivity contribution in [3.63, 3.8) is 0 Å². The average Bonchev–Trinajstić information content (AvgIpc) is 2.12. The normalized spacial score (nSPS) is 9.85. The van der Waals surface area contributed by atoms with Crippen molar-refractivity contribution in [2.24, 2.45) is 0 Å². The minimum atomic E-state index is -0.415. The maximum absolute atomic E-state index is 11.1. The Kier molecular flexibility index (Phi) is 3.17. The van der Waals surface area contributed by atoms with Crippen LogP contribution in [0.2, 0.25) is 10.0 Å². The number of carbonyl (C=O) groups excluding carboxylic acids is 1. The Hall–Kier alpha value is -0.730. The summed E-state index contributed by atoms with van der Waals surface area (Å²) in [6.45, 7) is 1.78. The molecule has 0 saturated heterocycles. The summed E-state index contributed by atoms with van der Waals surface area (Å²) >= 11 is 11.6. The van der Waals surface area contributed by atoms with Crippen LogP contribution in [0, 0.1) is 6.92 Å². The molecule has 0 aromatic heterocycles. The van der Waals surface area contributed by atoms with Crippen molar-refractivity contribution in [1.29, 1.82) is 0 Å². The molecule has 0 aliphatic carbocycles. The van der Waals surface area contributed by atoms with Gasteiger partial charge in [0, 0.05) is 0 Å². The Labute approximate surface area is 86.4 Å². The number of aryl methyl sites for hydroxylation is 1.